The number of hydrogen-bond donors (Lipinski definition) is 0. The van der Waals surface area contributed by atoms with Crippen molar-refractivity contribution in [3.05, 3.63) is 42.5 Å². The fourth-order valence-electron chi connectivity index (χ4n) is 2.81. The van der Waals surface area contributed by atoms with Crippen molar-refractivity contribution in [2.45, 2.75) is 61.2 Å². The Kier molecular flexibility index (Phi) is 5.81. The van der Waals surface area contributed by atoms with E-state index in [9.17, 15) is 8.42 Å². The van der Waals surface area contributed by atoms with E-state index in [1.165, 1.54) is 19.3 Å². The fraction of sp³-hybridized carbons (Fsp3) is 0.556. The first-order valence-corrected chi connectivity index (χ1v) is 9.63. The number of allylic oxidation sites excluding steroid dienone is 1. The summed E-state index contributed by atoms with van der Waals surface area (Å²) < 4.78 is 30.8. The predicted octanol–water partition coefficient (Wildman–Crippen LogP) is 4.14. The van der Waals surface area contributed by atoms with Crippen LogP contribution in [0.25, 0.3) is 0 Å². The number of unbranched alkanes of at least 4 members (excludes halogenated alkanes) is 4. The maximum absolute atomic E-state index is 12.6. The van der Waals surface area contributed by atoms with Gasteiger partial charge in [-0.05, 0) is 25.0 Å². The number of rotatable bonds is 9. The van der Waals surface area contributed by atoms with Crippen LogP contribution in [0.15, 0.2) is 47.4 Å². The highest BCUT2D eigenvalue weighted by molar-refractivity contribution is 7.92. The highest BCUT2D eigenvalue weighted by Gasteiger charge is 2.60. The van der Waals surface area contributed by atoms with Crippen molar-refractivity contribution in [3.8, 4) is 0 Å². The SMILES string of the molecule is CCCCCC/C=C/C1(OC)CC1S(=O)(=O)c1ccccc1. The molecule has 2 unspecified atom stereocenters. The highest BCUT2D eigenvalue weighted by Crippen LogP contribution is 2.48. The summed E-state index contributed by atoms with van der Waals surface area (Å²) in [7, 11) is -1.71. The molecule has 0 heterocycles. The Morgan fingerprint density at radius 3 is 2.59 bits per heavy atom. The van der Waals surface area contributed by atoms with Gasteiger partial charge in [0.25, 0.3) is 0 Å². The molecule has 0 radical (unpaired) electrons. The van der Waals surface area contributed by atoms with Gasteiger partial charge in [0.15, 0.2) is 9.84 Å². The smallest absolute Gasteiger partial charge is 0.184 e. The summed E-state index contributed by atoms with van der Waals surface area (Å²) >= 11 is 0. The summed E-state index contributed by atoms with van der Waals surface area (Å²) in [6.45, 7) is 2.19. The maximum Gasteiger partial charge on any atom is 0.184 e. The van der Waals surface area contributed by atoms with Crippen LogP contribution in [-0.4, -0.2) is 26.4 Å². The largest absolute Gasteiger partial charge is 0.373 e. The summed E-state index contributed by atoms with van der Waals surface area (Å²) in [5, 5.41) is -0.459. The van der Waals surface area contributed by atoms with Gasteiger partial charge in [0.1, 0.15) is 10.9 Å². The van der Waals surface area contributed by atoms with E-state index in [1.54, 1.807) is 31.4 Å². The van der Waals surface area contributed by atoms with Gasteiger partial charge in [-0.2, -0.15) is 0 Å². The minimum Gasteiger partial charge on any atom is -0.373 e. The van der Waals surface area contributed by atoms with Crippen LogP contribution in [0, 0.1) is 0 Å². The van der Waals surface area contributed by atoms with E-state index in [1.807, 2.05) is 12.1 Å². The van der Waals surface area contributed by atoms with Gasteiger partial charge in [-0.1, -0.05) is 56.5 Å². The standard InChI is InChI=1S/C18H26O3S/c1-3-4-5-6-7-11-14-18(21-2)15-17(18)22(19,20)16-12-9-8-10-13-16/h8-14,17H,3-7,15H2,1-2H3/b14-11+. The van der Waals surface area contributed by atoms with E-state index in [2.05, 4.69) is 13.0 Å². The summed E-state index contributed by atoms with van der Waals surface area (Å²) in [5.74, 6) is 0. The van der Waals surface area contributed by atoms with E-state index >= 15 is 0 Å². The Morgan fingerprint density at radius 2 is 1.95 bits per heavy atom. The van der Waals surface area contributed by atoms with Crippen molar-refractivity contribution in [2.75, 3.05) is 7.11 Å². The number of sulfone groups is 1. The van der Waals surface area contributed by atoms with Crippen molar-refractivity contribution in [2.24, 2.45) is 0 Å². The third-order valence-corrected chi connectivity index (χ3v) is 6.58. The van der Waals surface area contributed by atoms with Crippen LogP contribution < -0.4 is 0 Å². The molecule has 4 heteroatoms. The second kappa shape index (κ2) is 7.42. The molecule has 0 bridgehead atoms. The zero-order chi connectivity index (χ0) is 16.1. The molecule has 122 valence electrons. The predicted molar refractivity (Wildman–Crippen MR) is 89.7 cm³/mol. The molecule has 0 spiro atoms. The molecule has 0 saturated heterocycles. The number of ether oxygens (including phenoxy) is 1. The quantitative estimate of drug-likeness (QED) is 0.507. The minimum atomic E-state index is -3.31. The van der Waals surface area contributed by atoms with Crippen LogP contribution in [-0.2, 0) is 14.6 Å². The highest BCUT2D eigenvalue weighted by atomic mass is 32.2. The first-order valence-electron chi connectivity index (χ1n) is 8.08. The average molecular weight is 322 g/mol. The first-order chi connectivity index (χ1) is 10.6. The van der Waals surface area contributed by atoms with Crippen molar-refractivity contribution in [1.29, 1.82) is 0 Å². The summed E-state index contributed by atoms with van der Waals surface area (Å²) in [4.78, 5) is 0.385. The van der Waals surface area contributed by atoms with E-state index in [0.29, 0.717) is 11.3 Å². The number of benzene rings is 1. The molecule has 2 atom stereocenters. The Hall–Kier alpha value is -1.13. The molecule has 22 heavy (non-hydrogen) atoms. The lowest BCUT2D eigenvalue weighted by Crippen LogP contribution is -2.21. The minimum absolute atomic E-state index is 0.385. The molecule has 1 fully saturated rings. The van der Waals surface area contributed by atoms with Gasteiger partial charge in [-0.3, -0.25) is 0 Å². The lowest BCUT2D eigenvalue weighted by Gasteiger charge is -2.11. The first kappa shape index (κ1) is 17.2. The second-order valence-electron chi connectivity index (χ2n) is 5.96. The van der Waals surface area contributed by atoms with Crippen LogP contribution in [0.3, 0.4) is 0 Å². The molecule has 0 aromatic heterocycles. The lowest BCUT2D eigenvalue weighted by atomic mass is 10.1. The van der Waals surface area contributed by atoms with Crippen LogP contribution in [0.2, 0.25) is 0 Å². The molecule has 1 saturated carbocycles. The number of methoxy groups -OCH3 is 1. The normalized spacial score (nSPS) is 24.7. The summed E-state index contributed by atoms with van der Waals surface area (Å²) in [6, 6.07) is 8.65. The maximum atomic E-state index is 12.6. The van der Waals surface area contributed by atoms with E-state index < -0.39 is 20.7 Å². The third kappa shape index (κ3) is 3.79. The molecular formula is C18H26O3S. The third-order valence-electron chi connectivity index (χ3n) is 4.34. The molecule has 2 rings (SSSR count). The van der Waals surface area contributed by atoms with Crippen molar-refractivity contribution in [1.82, 2.24) is 0 Å². The second-order valence-corrected chi connectivity index (χ2v) is 8.09. The van der Waals surface area contributed by atoms with Gasteiger partial charge in [-0.15, -0.1) is 0 Å². The topological polar surface area (TPSA) is 43.4 Å². The van der Waals surface area contributed by atoms with E-state index in [4.69, 9.17) is 4.74 Å². The molecule has 1 aromatic rings. The van der Waals surface area contributed by atoms with E-state index in [0.717, 1.165) is 12.8 Å². The van der Waals surface area contributed by atoms with Crippen LogP contribution in [0.1, 0.15) is 45.4 Å². The molecule has 1 aliphatic rings. The van der Waals surface area contributed by atoms with Crippen molar-refractivity contribution >= 4 is 9.84 Å². The summed E-state index contributed by atoms with van der Waals surface area (Å²) in [5.41, 5.74) is -0.626. The van der Waals surface area contributed by atoms with Crippen molar-refractivity contribution < 1.29 is 13.2 Å². The van der Waals surface area contributed by atoms with Gasteiger partial charge in [0, 0.05) is 13.5 Å². The monoisotopic (exact) mass is 322 g/mol. The van der Waals surface area contributed by atoms with Gasteiger partial charge in [0.2, 0.25) is 0 Å². The zero-order valence-corrected chi connectivity index (χ0v) is 14.3. The zero-order valence-electron chi connectivity index (χ0n) is 13.5. The van der Waals surface area contributed by atoms with Crippen molar-refractivity contribution in [3.63, 3.8) is 0 Å². The molecule has 0 N–H and O–H groups in total. The molecule has 0 amide bonds. The molecular weight excluding hydrogens is 296 g/mol. The molecule has 3 nitrogen and oxygen atoms in total. The van der Waals surface area contributed by atoms with Crippen LogP contribution >= 0.6 is 0 Å². The molecule has 1 aliphatic carbocycles. The Morgan fingerprint density at radius 1 is 1.23 bits per heavy atom. The van der Waals surface area contributed by atoms with Gasteiger partial charge < -0.3 is 4.74 Å². The lowest BCUT2D eigenvalue weighted by molar-refractivity contribution is 0.122. The summed E-state index contributed by atoms with van der Waals surface area (Å²) in [6.07, 6.45) is 10.4. The van der Waals surface area contributed by atoms with E-state index in [-0.39, 0.29) is 0 Å². The number of hydrogen-bond acceptors (Lipinski definition) is 3. The van der Waals surface area contributed by atoms with Crippen LogP contribution in [0.4, 0.5) is 0 Å². The molecule has 1 aromatic carbocycles. The Balaban J connectivity index is 1.98. The van der Waals surface area contributed by atoms with Gasteiger partial charge in [-0.25, -0.2) is 8.42 Å². The van der Waals surface area contributed by atoms with Gasteiger partial charge >= 0.3 is 0 Å². The van der Waals surface area contributed by atoms with Gasteiger partial charge in [0.05, 0.1) is 4.90 Å². The molecule has 0 aliphatic heterocycles. The van der Waals surface area contributed by atoms with Crippen LogP contribution in [0.5, 0.6) is 0 Å². The average Bonchev–Trinajstić information content (AvgIpc) is 3.28. The Bertz CT molecular complexity index is 592. The Labute approximate surface area is 134 Å². The fourth-order valence-corrected chi connectivity index (χ4v) is 4.85.